The van der Waals surface area contributed by atoms with Crippen LogP contribution >= 0.6 is 0 Å². The number of hydrogen-bond donors (Lipinski definition) is 1. The summed E-state index contributed by atoms with van der Waals surface area (Å²) in [6.07, 6.45) is 14.5. The van der Waals surface area contributed by atoms with Crippen LogP contribution in [0.15, 0.2) is 54.6 Å². The van der Waals surface area contributed by atoms with E-state index >= 15 is 0 Å². The van der Waals surface area contributed by atoms with Crippen LogP contribution < -0.4 is 10.2 Å². The van der Waals surface area contributed by atoms with E-state index in [0.29, 0.717) is 6.04 Å². The van der Waals surface area contributed by atoms with E-state index < -0.39 is 0 Å². The molecule has 0 bridgehead atoms. The van der Waals surface area contributed by atoms with Crippen molar-refractivity contribution in [3.8, 4) is 0 Å². The van der Waals surface area contributed by atoms with Crippen LogP contribution in [0.5, 0.6) is 0 Å². The molecule has 4 rings (SSSR count). The van der Waals surface area contributed by atoms with Gasteiger partial charge < -0.3 is 10.2 Å². The van der Waals surface area contributed by atoms with Crippen LogP contribution in [0.3, 0.4) is 0 Å². The molecule has 3 nitrogen and oxygen atoms in total. The van der Waals surface area contributed by atoms with Gasteiger partial charge in [0.25, 0.3) is 0 Å². The van der Waals surface area contributed by atoms with E-state index in [-0.39, 0.29) is 0 Å². The van der Waals surface area contributed by atoms with Crippen molar-refractivity contribution in [2.45, 2.75) is 44.6 Å². The quantitative estimate of drug-likeness (QED) is 0.537. The molecule has 2 aromatic carbocycles. The number of nitrogens with one attached hydrogen (secondary N) is 1. The van der Waals surface area contributed by atoms with Crippen molar-refractivity contribution in [1.82, 2.24) is 5.32 Å². The number of carbonyl (C=O) groups is 1. The summed E-state index contributed by atoms with van der Waals surface area (Å²) in [5, 5.41) is 3.52. The lowest BCUT2D eigenvalue weighted by Crippen LogP contribution is -2.36. The van der Waals surface area contributed by atoms with Crippen LogP contribution in [-0.2, 0) is 4.79 Å². The Kier molecular flexibility index (Phi) is 5.91. The monoisotopic (exact) mass is 372 g/mol. The van der Waals surface area contributed by atoms with Gasteiger partial charge in [0.1, 0.15) is 0 Å². The molecule has 0 radical (unpaired) electrons. The van der Waals surface area contributed by atoms with E-state index in [4.69, 9.17) is 0 Å². The van der Waals surface area contributed by atoms with Gasteiger partial charge in [-0.1, -0.05) is 80.0 Å². The Balaban J connectivity index is 1.75. The van der Waals surface area contributed by atoms with Gasteiger partial charge in [0, 0.05) is 23.8 Å². The molecule has 28 heavy (non-hydrogen) atoms. The second kappa shape index (κ2) is 8.92. The second-order valence-electron chi connectivity index (χ2n) is 7.62. The Hall–Kier alpha value is -2.81. The lowest BCUT2D eigenvalue weighted by molar-refractivity contribution is -0.108. The second-order valence-corrected chi connectivity index (χ2v) is 7.62. The summed E-state index contributed by atoms with van der Waals surface area (Å²) < 4.78 is 0. The summed E-state index contributed by atoms with van der Waals surface area (Å²) in [6.45, 7) is 0.954. The van der Waals surface area contributed by atoms with Gasteiger partial charge in [0.15, 0.2) is 0 Å². The van der Waals surface area contributed by atoms with Crippen LogP contribution in [0.4, 0.5) is 5.69 Å². The largest absolute Gasteiger partial charge is 0.384 e. The molecule has 0 saturated heterocycles. The average Bonchev–Trinajstić information content (AvgIpc) is 3.29. The molecule has 144 valence electrons. The first-order valence-corrected chi connectivity index (χ1v) is 10.4. The standard InChI is InChI=1S/C25H28N2O/c28-19-27(22-12-5-2-6-13-22)24-15-7-11-21(25(24)23-14-8-18-26-23)17-16-20-9-3-1-4-10-20/h1,3-4,7,9-11,14-17,19,22,26H,2,5-6,8,12-13,18H2/b17-16+. The zero-order chi connectivity index (χ0) is 19.2. The minimum Gasteiger partial charge on any atom is -0.384 e. The number of hydrogen-bond acceptors (Lipinski definition) is 2. The first-order valence-electron chi connectivity index (χ1n) is 10.4. The van der Waals surface area contributed by atoms with E-state index in [2.05, 4.69) is 66.0 Å². The molecule has 0 aromatic heterocycles. The fraction of sp³-hybridized carbons (Fsp3) is 0.320. The number of rotatable bonds is 6. The number of nitrogens with zero attached hydrogens (tertiary/aromatic N) is 1. The number of anilines is 1. The summed E-state index contributed by atoms with van der Waals surface area (Å²) in [5.74, 6) is 0. The van der Waals surface area contributed by atoms with Crippen molar-refractivity contribution in [1.29, 1.82) is 0 Å². The molecule has 0 spiro atoms. The molecule has 2 aromatic rings. The van der Waals surface area contributed by atoms with Gasteiger partial charge in [-0.05, 0) is 36.5 Å². The SMILES string of the molecule is O=CN(c1cccc(/C=C/c2ccccc2)c1C1=CCCN1)C1CCCCC1. The summed E-state index contributed by atoms with van der Waals surface area (Å²) in [5.41, 5.74) is 5.63. The zero-order valence-corrected chi connectivity index (χ0v) is 16.3. The van der Waals surface area contributed by atoms with Crippen molar-refractivity contribution in [2.24, 2.45) is 0 Å². The normalized spacial score (nSPS) is 17.4. The van der Waals surface area contributed by atoms with Gasteiger partial charge in [-0.15, -0.1) is 0 Å². The van der Waals surface area contributed by atoms with Crippen molar-refractivity contribution >= 4 is 29.9 Å². The molecule has 2 aliphatic rings. The third-order valence-electron chi connectivity index (χ3n) is 5.77. The molecular formula is C25H28N2O. The number of amides is 1. The zero-order valence-electron chi connectivity index (χ0n) is 16.3. The highest BCUT2D eigenvalue weighted by molar-refractivity contribution is 5.91. The van der Waals surface area contributed by atoms with Crippen LogP contribution in [0.2, 0.25) is 0 Å². The number of benzene rings is 2. The van der Waals surface area contributed by atoms with Crippen LogP contribution in [0.25, 0.3) is 17.8 Å². The molecule has 0 atom stereocenters. The summed E-state index contributed by atoms with van der Waals surface area (Å²) in [7, 11) is 0. The first-order chi connectivity index (χ1) is 13.9. The Labute approximate surface area is 167 Å². The van der Waals surface area contributed by atoms with Gasteiger partial charge in [0.05, 0.1) is 5.69 Å². The maximum absolute atomic E-state index is 12.1. The highest BCUT2D eigenvalue weighted by Gasteiger charge is 2.25. The van der Waals surface area contributed by atoms with Crippen LogP contribution in [-0.4, -0.2) is 19.0 Å². The van der Waals surface area contributed by atoms with Gasteiger partial charge in [0.2, 0.25) is 6.41 Å². The summed E-state index contributed by atoms with van der Waals surface area (Å²) >= 11 is 0. The van der Waals surface area contributed by atoms with E-state index in [1.165, 1.54) is 24.8 Å². The van der Waals surface area contributed by atoms with Crippen molar-refractivity contribution in [2.75, 3.05) is 11.4 Å². The fourth-order valence-corrected chi connectivity index (χ4v) is 4.34. The molecule has 1 heterocycles. The smallest absolute Gasteiger partial charge is 0.214 e. The van der Waals surface area contributed by atoms with Crippen LogP contribution in [0, 0.1) is 0 Å². The Morgan fingerprint density at radius 3 is 2.46 bits per heavy atom. The number of carbonyl (C=O) groups excluding carboxylic acids is 1. The lowest BCUT2D eigenvalue weighted by Gasteiger charge is -2.33. The van der Waals surface area contributed by atoms with Crippen molar-refractivity contribution in [3.05, 3.63) is 71.3 Å². The van der Waals surface area contributed by atoms with Gasteiger partial charge >= 0.3 is 0 Å². The predicted octanol–water partition coefficient (Wildman–Crippen LogP) is 5.49. The Morgan fingerprint density at radius 2 is 1.75 bits per heavy atom. The maximum Gasteiger partial charge on any atom is 0.214 e. The molecular weight excluding hydrogens is 344 g/mol. The summed E-state index contributed by atoms with van der Waals surface area (Å²) in [6, 6.07) is 17.0. The molecule has 1 saturated carbocycles. The molecule has 1 aliphatic heterocycles. The molecule has 1 fully saturated rings. The third kappa shape index (κ3) is 4.04. The van der Waals surface area contributed by atoms with Crippen molar-refractivity contribution < 1.29 is 4.79 Å². The minimum absolute atomic E-state index is 0.306. The molecule has 1 amide bonds. The van der Waals surface area contributed by atoms with E-state index in [1.807, 2.05) is 11.0 Å². The topological polar surface area (TPSA) is 32.3 Å². The van der Waals surface area contributed by atoms with E-state index in [1.54, 1.807) is 0 Å². The lowest BCUT2D eigenvalue weighted by atomic mass is 9.92. The van der Waals surface area contributed by atoms with E-state index in [9.17, 15) is 4.79 Å². The Morgan fingerprint density at radius 1 is 0.929 bits per heavy atom. The molecule has 1 N–H and O–H groups in total. The first kappa shape index (κ1) is 18.5. The molecule has 3 heteroatoms. The fourth-order valence-electron chi connectivity index (χ4n) is 4.34. The highest BCUT2D eigenvalue weighted by atomic mass is 16.1. The maximum atomic E-state index is 12.1. The van der Waals surface area contributed by atoms with Gasteiger partial charge in [-0.3, -0.25) is 4.79 Å². The summed E-state index contributed by atoms with van der Waals surface area (Å²) in [4.78, 5) is 14.1. The third-order valence-corrected chi connectivity index (χ3v) is 5.77. The van der Waals surface area contributed by atoms with Crippen molar-refractivity contribution in [3.63, 3.8) is 0 Å². The minimum atomic E-state index is 0.306. The molecule has 0 unspecified atom stereocenters. The van der Waals surface area contributed by atoms with Crippen LogP contribution in [0.1, 0.15) is 55.2 Å². The van der Waals surface area contributed by atoms with E-state index in [0.717, 1.165) is 54.7 Å². The predicted molar refractivity (Wildman–Crippen MR) is 118 cm³/mol. The Bertz CT molecular complexity index is 863. The van der Waals surface area contributed by atoms with Gasteiger partial charge in [-0.25, -0.2) is 0 Å². The highest BCUT2D eigenvalue weighted by Crippen LogP contribution is 2.35. The molecule has 1 aliphatic carbocycles. The van der Waals surface area contributed by atoms with Gasteiger partial charge in [-0.2, -0.15) is 0 Å². The average molecular weight is 373 g/mol.